The number of hydrogen-bond donors (Lipinski definition) is 1. The number of benzene rings is 1. The summed E-state index contributed by atoms with van der Waals surface area (Å²) in [6, 6.07) is 10.3. The van der Waals surface area contributed by atoms with E-state index in [0.717, 1.165) is 55.8 Å². The van der Waals surface area contributed by atoms with E-state index in [1.807, 2.05) is 18.2 Å². The highest BCUT2D eigenvalue weighted by Gasteiger charge is 2.21. The molecule has 0 aliphatic heterocycles. The number of H-pyrrole nitrogens is 1. The van der Waals surface area contributed by atoms with Gasteiger partial charge in [-0.2, -0.15) is 0 Å². The van der Waals surface area contributed by atoms with Crippen molar-refractivity contribution in [2.75, 3.05) is 0 Å². The van der Waals surface area contributed by atoms with E-state index in [0.29, 0.717) is 11.6 Å². The Hall–Kier alpha value is -2.55. The number of aromatic amines is 1. The van der Waals surface area contributed by atoms with Gasteiger partial charge in [0, 0.05) is 15.8 Å². The summed E-state index contributed by atoms with van der Waals surface area (Å²) in [5.74, 6) is 1.25. The van der Waals surface area contributed by atoms with Crippen molar-refractivity contribution in [2.45, 2.75) is 30.0 Å². The van der Waals surface area contributed by atoms with Gasteiger partial charge in [0.05, 0.1) is 16.5 Å². The van der Waals surface area contributed by atoms with Gasteiger partial charge in [0.1, 0.15) is 26.8 Å². The first kappa shape index (κ1) is 18.2. The lowest BCUT2D eigenvalue weighted by Crippen LogP contribution is -2.11. The largest absolute Gasteiger partial charge is 0.309 e. The number of hydrogen-bond acceptors (Lipinski definition) is 7. The Bertz CT molecular complexity index is 1450. The summed E-state index contributed by atoms with van der Waals surface area (Å²) in [4.78, 5) is 32.7. The average Bonchev–Trinajstić information content (AvgIpc) is 3.47. The van der Waals surface area contributed by atoms with Crippen LogP contribution in [-0.2, 0) is 18.6 Å². The Morgan fingerprint density at radius 3 is 2.87 bits per heavy atom. The van der Waals surface area contributed by atoms with Crippen molar-refractivity contribution in [2.24, 2.45) is 0 Å². The fourth-order valence-electron chi connectivity index (χ4n) is 4.04. The van der Waals surface area contributed by atoms with E-state index < -0.39 is 0 Å². The lowest BCUT2D eigenvalue weighted by atomic mass is 10.1. The number of thioether (sulfide) groups is 1. The molecule has 8 heteroatoms. The van der Waals surface area contributed by atoms with E-state index in [1.165, 1.54) is 10.4 Å². The monoisotopic (exact) mass is 448 g/mol. The van der Waals surface area contributed by atoms with Crippen LogP contribution in [0.5, 0.6) is 0 Å². The van der Waals surface area contributed by atoms with Gasteiger partial charge in [0.25, 0.3) is 5.56 Å². The van der Waals surface area contributed by atoms with E-state index in [2.05, 4.69) is 32.5 Å². The Balaban J connectivity index is 1.36. The maximum atomic E-state index is 12.7. The normalized spacial score (nSPS) is 13.3. The highest BCUT2D eigenvalue weighted by Crippen LogP contribution is 2.39. The van der Waals surface area contributed by atoms with Crippen molar-refractivity contribution in [3.8, 4) is 11.1 Å². The first-order chi connectivity index (χ1) is 14.8. The molecule has 6 rings (SSSR count). The highest BCUT2D eigenvalue weighted by atomic mass is 32.2. The molecule has 0 atom stereocenters. The number of nitrogens with one attached hydrogen (secondary N) is 1. The summed E-state index contributed by atoms with van der Waals surface area (Å²) in [5.41, 5.74) is 3.50. The number of aryl methyl sites for hydroxylation is 2. The van der Waals surface area contributed by atoms with E-state index in [1.54, 1.807) is 40.8 Å². The maximum absolute atomic E-state index is 12.7. The molecule has 0 bridgehead atoms. The minimum Gasteiger partial charge on any atom is -0.309 e. The lowest BCUT2D eigenvalue weighted by Gasteiger charge is -2.05. The van der Waals surface area contributed by atoms with Crippen LogP contribution in [0.3, 0.4) is 0 Å². The van der Waals surface area contributed by atoms with Gasteiger partial charge in [-0.05, 0) is 30.4 Å². The second-order valence-electron chi connectivity index (χ2n) is 7.21. The van der Waals surface area contributed by atoms with Gasteiger partial charge >= 0.3 is 0 Å². The molecule has 1 aliphatic carbocycles. The molecule has 0 unspecified atom stereocenters. The van der Waals surface area contributed by atoms with Gasteiger partial charge in [0.2, 0.25) is 0 Å². The molecule has 0 spiro atoms. The minimum absolute atomic E-state index is 0.0108. The highest BCUT2D eigenvalue weighted by molar-refractivity contribution is 7.98. The molecule has 0 radical (unpaired) electrons. The maximum Gasteiger partial charge on any atom is 0.259 e. The molecule has 0 saturated carbocycles. The zero-order valence-corrected chi connectivity index (χ0v) is 18.3. The molecular formula is C22H16N4OS3. The van der Waals surface area contributed by atoms with Crippen LogP contribution in [0, 0.1) is 0 Å². The Kier molecular flexibility index (Phi) is 4.44. The minimum atomic E-state index is -0.0108. The molecular weight excluding hydrogens is 432 g/mol. The summed E-state index contributed by atoms with van der Waals surface area (Å²) < 4.78 is 0. The summed E-state index contributed by atoms with van der Waals surface area (Å²) in [6.07, 6.45) is 4.81. The van der Waals surface area contributed by atoms with E-state index >= 15 is 0 Å². The molecule has 1 aliphatic rings. The van der Waals surface area contributed by atoms with Gasteiger partial charge < -0.3 is 4.98 Å². The molecule has 5 nitrogen and oxygen atoms in total. The third kappa shape index (κ3) is 2.98. The molecule has 4 aromatic heterocycles. The van der Waals surface area contributed by atoms with Gasteiger partial charge in [-0.3, -0.25) is 4.79 Å². The Labute approximate surface area is 184 Å². The van der Waals surface area contributed by atoms with Crippen molar-refractivity contribution in [3.05, 3.63) is 68.7 Å². The predicted molar refractivity (Wildman–Crippen MR) is 125 cm³/mol. The van der Waals surface area contributed by atoms with Crippen LogP contribution in [0.25, 0.3) is 31.6 Å². The van der Waals surface area contributed by atoms with Gasteiger partial charge in [-0.1, -0.05) is 42.1 Å². The molecule has 1 N–H and O–H groups in total. The van der Waals surface area contributed by atoms with Crippen LogP contribution in [-0.4, -0.2) is 19.9 Å². The lowest BCUT2D eigenvalue weighted by molar-refractivity contribution is 0.916. The molecule has 30 heavy (non-hydrogen) atoms. The van der Waals surface area contributed by atoms with Crippen molar-refractivity contribution >= 4 is 54.9 Å². The zero-order chi connectivity index (χ0) is 20.1. The quantitative estimate of drug-likeness (QED) is 0.293. The Morgan fingerprint density at radius 1 is 1.07 bits per heavy atom. The third-order valence-corrected chi connectivity index (χ3v) is 8.46. The van der Waals surface area contributed by atoms with Crippen molar-refractivity contribution in [1.29, 1.82) is 0 Å². The van der Waals surface area contributed by atoms with Gasteiger partial charge in [-0.15, -0.1) is 22.7 Å². The van der Waals surface area contributed by atoms with Crippen LogP contribution >= 0.6 is 34.4 Å². The molecule has 5 aromatic rings. The summed E-state index contributed by atoms with van der Waals surface area (Å²) in [7, 11) is 0. The predicted octanol–water partition coefficient (Wildman–Crippen LogP) is 5.44. The van der Waals surface area contributed by atoms with E-state index in [4.69, 9.17) is 4.98 Å². The molecule has 0 amide bonds. The first-order valence-corrected chi connectivity index (χ1v) is 12.4. The fourth-order valence-corrected chi connectivity index (χ4v) is 7.18. The zero-order valence-electron chi connectivity index (χ0n) is 15.8. The van der Waals surface area contributed by atoms with Crippen LogP contribution in [0.2, 0.25) is 0 Å². The van der Waals surface area contributed by atoms with Crippen molar-refractivity contribution in [1.82, 2.24) is 19.9 Å². The number of aromatic nitrogens is 4. The van der Waals surface area contributed by atoms with Crippen LogP contribution in [0.15, 0.2) is 51.9 Å². The first-order valence-electron chi connectivity index (χ1n) is 9.72. The number of nitrogens with zero attached hydrogens (tertiary/aromatic N) is 3. The summed E-state index contributed by atoms with van der Waals surface area (Å²) >= 11 is 4.89. The number of rotatable bonds is 4. The SMILES string of the molecule is O=c1[nH]c(CSc2ncnc3scc(-c4ccccc4)c23)nc2sc3c(c12)CCC3. The smallest absolute Gasteiger partial charge is 0.259 e. The summed E-state index contributed by atoms with van der Waals surface area (Å²) in [5, 5.41) is 4.92. The van der Waals surface area contributed by atoms with Crippen LogP contribution in [0.4, 0.5) is 0 Å². The molecule has 0 fully saturated rings. The van der Waals surface area contributed by atoms with Crippen molar-refractivity contribution < 1.29 is 0 Å². The molecule has 1 aromatic carbocycles. The topological polar surface area (TPSA) is 71.5 Å². The van der Waals surface area contributed by atoms with Crippen LogP contribution in [0.1, 0.15) is 22.7 Å². The molecule has 4 heterocycles. The number of thiophene rings is 2. The van der Waals surface area contributed by atoms with Crippen molar-refractivity contribution in [3.63, 3.8) is 0 Å². The second-order valence-corrected chi connectivity index (χ2v) is 10.1. The Morgan fingerprint density at radius 2 is 1.97 bits per heavy atom. The average molecular weight is 449 g/mol. The molecule has 0 saturated heterocycles. The van der Waals surface area contributed by atoms with E-state index in [-0.39, 0.29) is 5.56 Å². The van der Waals surface area contributed by atoms with Gasteiger partial charge in [-0.25, -0.2) is 15.0 Å². The fraction of sp³-hybridized carbons (Fsp3) is 0.182. The standard InChI is InChI=1S/C22H16N4OS3/c27-19-17-13-7-4-8-15(13)30-22(17)26-16(25-19)10-29-21-18-14(12-5-2-1-3-6-12)9-28-20(18)23-11-24-21/h1-3,5-6,9,11H,4,7-8,10H2,(H,25,26,27). The summed E-state index contributed by atoms with van der Waals surface area (Å²) in [6.45, 7) is 0. The van der Waals surface area contributed by atoms with Crippen LogP contribution < -0.4 is 5.56 Å². The second kappa shape index (κ2) is 7.30. The number of fused-ring (bicyclic) bond motifs is 4. The third-order valence-electron chi connectivity index (χ3n) is 5.39. The molecule has 148 valence electrons. The van der Waals surface area contributed by atoms with E-state index in [9.17, 15) is 4.79 Å². The van der Waals surface area contributed by atoms with Gasteiger partial charge in [0.15, 0.2) is 0 Å².